The quantitative estimate of drug-likeness (QED) is 0.644. The second-order valence-corrected chi connectivity index (χ2v) is 3.36. The molecule has 0 radical (unpaired) electrons. The molecule has 2 unspecified atom stereocenters. The molecule has 1 fully saturated rings. The maximum absolute atomic E-state index is 11.8. The van der Waals surface area contributed by atoms with Crippen LogP contribution in [0, 0.1) is 12.3 Å². The molecule has 1 amide bonds. The van der Waals surface area contributed by atoms with Crippen molar-refractivity contribution in [2.75, 3.05) is 20.3 Å². The molecule has 78 valence electrons. The summed E-state index contributed by atoms with van der Waals surface area (Å²) in [6.45, 7) is 2.59. The molecule has 0 aromatic carbocycles. The van der Waals surface area contributed by atoms with Crippen LogP contribution in [0.4, 0.5) is 0 Å². The summed E-state index contributed by atoms with van der Waals surface area (Å²) in [6.07, 6.45) is 5.74. The van der Waals surface area contributed by atoms with E-state index in [2.05, 4.69) is 11.2 Å². The molecule has 2 atom stereocenters. The third-order valence-corrected chi connectivity index (χ3v) is 2.39. The number of terminal acetylenes is 1. The lowest BCUT2D eigenvalue weighted by Gasteiger charge is -2.25. The Morgan fingerprint density at radius 2 is 2.50 bits per heavy atom. The van der Waals surface area contributed by atoms with Crippen LogP contribution in [0.3, 0.4) is 0 Å². The van der Waals surface area contributed by atoms with Gasteiger partial charge in [-0.05, 0) is 6.92 Å². The first-order valence-corrected chi connectivity index (χ1v) is 4.54. The van der Waals surface area contributed by atoms with Crippen LogP contribution in [-0.2, 0) is 14.3 Å². The Morgan fingerprint density at radius 1 is 1.79 bits per heavy atom. The topological polar surface area (TPSA) is 47.6 Å². The highest BCUT2D eigenvalue weighted by Crippen LogP contribution is 2.22. The molecule has 14 heavy (non-hydrogen) atoms. The van der Waals surface area contributed by atoms with E-state index in [1.54, 1.807) is 6.92 Å². The van der Waals surface area contributed by atoms with E-state index in [9.17, 15) is 4.79 Å². The molecule has 1 rings (SSSR count). The lowest BCUT2D eigenvalue weighted by atomic mass is 10.0. The molecule has 0 bridgehead atoms. The van der Waals surface area contributed by atoms with Crippen molar-refractivity contribution in [1.29, 1.82) is 0 Å². The number of methoxy groups -OCH3 is 1. The smallest absolute Gasteiger partial charge is 0.255 e. The molecule has 1 aliphatic heterocycles. The van der Waals surface area contributed by atoms with Gasteiger partial charge in [-0.25, -0.2) is 0 Å². The number of carbonyl (C=O) groups excluding carboxylic acids is 1. The average Bonchev–Trinajstić information content (AvgIpc) is 2.67. The average molecular weight is 197 g/mol. The van der Waals surface area contributed by atoms with Gasteiger partial charge in [-0.15, -0.1) is 6.42 Å². The predicted octanol–water partition coefficient (Wildman–Crippen LogP) is -0.0702. The number of rotatable bonds is 3. The third-order valence-electron chi connectivity index (χ3n) is 2.39. The first-order valence-electron chi connectivity index (χ1n) is 4.54. The number of amides is 1. The molecule has 4 heteroatoms. The zero-order valence-corrected chi connectivity index (χ0v) is 8.50. The fraction of sp³-hybridized carbons (Fsp3) is 0.700. The molecule has 4 nitrogen and oxygen atoms in total. The molecule has 0 aromatic rings. The standard InChI is InChI=1S/C10H15NO3/c1-4-8(2)11-9(12)10(13-3)5-6-14-7-10/h1,8H,5-7H2,2-3H3,(H,11,12). The molecular formula is C10H15NO3. The van der Waals surface area contributed by atoms with Gasteiger partial charge in [-0.2, -0.15) is 0 Å². The third kappa shape index (κ3) is 2.06. The van der Waals surface area contributed by atoms with Crippen molar-refractivity contribution in [1.82, 2.24) is 5.32 Å². The first kappa shape index (κ1) is 11.0. The highest BCUT2D eigenvalue weighted by Gasteiger charge is 2.42. The summed E-state index contributed by atoms with van der Waals surface area (Å²) in [7, 11) is 1.51. The van der Waals surface area contributed by atoms with Gasteiger partial charge < -0.3 is 14.8 Å². The highest BCUT2D eigenvalue weighted by molar-refractivity contribution is 5.86. The van der Waals surface area contributed by atoms with E-state index < -0.39 is 5.60 Å². The molecule has 1 heterocycles. The van der Waals surface area contributed by atoms with E-state index in [4.69, 9.17) is 15.9 Å². The van der Waals surface area contributed by atoms with Crippen molar-refractivity contribution >= 4 is 5.91 Å². The van der Waals surface area contributed by atoms with Gasteiger partial charge in [0.15, 0.2) is 5.60 Å². The molecule has 1 aliphatic rings. The minimum Gasteiger partial charge on any atom is -0.378 e. The minimum absolute atomic E-state index is 0.192. The second kappa shape index (κ2) is 4.45. The van der Waals surface area contributed by atoms with Crippen LogP contribution in [0.2, 0.25) is 0 Å². The van der Waals surface area contributed by atoms with Crippen LogP contribution < -0.4 is 5.32 Å². The second-order valence-electron chi connectivity index (χ2n) is 3.36. The summed E-state index contributed by atoms with van der Waals surface area (Å²) in [5.74, 6) is 2.24. The minimum atomic E-state index is -0.842. The Bertz CT molecular complexity index is 251. The maximum atomic E-state index is 11.8. The van der Waals surface area contributed by atoms with Crippen molar-refractivity contribution < 1.29 is 14.3 Å². The van der Waals surface area contributed by atoms with Crippen LogP contribution in [0.15, 0.2) is 0 Å². The zero-order chi connectivity index (χ0) is 10.6. The lowest BCUT2D eigenvalue weighted by Crippen LogP contribution is -2.51. The fourth-order valence-electron chi connectivity index (χ4n) is 1.35. The number of hydrogen-bond donors (Lipinski definition) is 1. The molecule has 0 aliphatic carbocycles. The summed E-state index contributed by atoms with van der Waals surface area (Å²) in [4.78, 5) is 11.8. The SMILES string of the molecule is C#CC(C)NC(=O)C1(OC)CCOC1. The summed E-state index contributed by atoms with van der Waals surface area (Å²) >= 11 is 0. The van der Waals surface area contributed by atoms with Crippen molar-refractivity contribution in [3.63, 3.8) is 0 Å². The molecule has 0 aromatic heterocycles. The molecule has 0 spiro atoms. The summed E-state index contributed by atoms with van der Waals surface area (Å²) in [6, 6.07) is -0.282. The van der Waals surface area contributed by atoms with E-state index in [0.29, 0.717) is 19.6 Å². The maximum Gasteiger partial charge on any atom is 0.255 e. The first-order chi connectivity index (χ1) is 6.64. The Morgan fingerprint density at radius 3 is 2.93 bits per heavy atom. The van der Waals surface area contributed by atoms with Gasteiger partial charge in [-0.3, -0.25) is 4.79 Å². The van der Waals surface area contributed by atoms with Gasteiger partial charge in [-0.1, -0.05) is 5.92 Å². The number of hydrogen-bond acceptors (Lipinski definition) is 3. The summed E-state index contributed by atoms with van der Waals surface area (Å²) in [5.41, 5.74) is -0.842. The lowest BCUT2D eigenvalue weighted by molar-refractivity contribution is -0.143. The zero-order valence-electron chi connectivity index (χ0n) is 8.50. The van der Waals surface area contributed by atoms with Crippen molar-refractivity contribution in [3.8, 4) is 12.3 Å². The normalized spacial score (nSPS) is 28.1. The van der Waals surface area contributed by atoms with Gasteiger partial charge in [0, 0.05) is 13.5 Å². The van der Waals surface area contributed by atoms with Crippen LogP contribution in [0.1, 0.15) is 13.3 Å². The van der Waals surface area contributed by atoms with Gasteiger partial charge >= 0.3 is 0 Å². The highest BCUT2D eigenvalue weighted by atomic mass is 16.6. The van der Waals surface area contributed by atoms with Gasteiger partial charge in [0.05, 0.1) is 19.3 Å². The monoisotopic (exact) mass is 197 g/mol. The van der Waals surface area contributed by atoms with Gasteiger partial charge in [0.1, 0.15) is 0 Å². The summed E-state index contributed by atoms with van der Waals surface area (Å²) in [5, 5.41) is 2.68. The van der Waals surface area contributed by atoms with Crippen LogP contribution in [0.5, 0.6) is 0 Å². The van der Waals surface area contributed by atoms with Crippen LogP contribution in [-0.4, -0.2) is 37.9 Å². The largest absolute Gasteiger partial charge is 0.378 e. The molecule has 1 saturated heterocycles. The molecular weight excluding hydrogens is 182 g/mol. The van der Waals surface area contributed by atoms with E-state index in [-0.39, 0.29) is 11.9 Å². The van der Waals surface area contributed by atoms with Crippen LogP contribution in [0.25, 0.3) is 0 Å². The van der Waals surface area contributed by atoms with Crippen LogP contribution >= 0.6 is 0 Å². The van der Waals surface area contributed by atoms with Gasteiger partial charge in [0.25, 0.3) is 5.91 Å². The van der Waals surface area contributed by atoms with E-state index in [0.717, 1.165) is 0 Å². The number of carbonyl (C=O) groups is 1. The Labute approximate surface area is 84.0 Å². The number of ether oxygens (including phenoxy) is 2. The van der Waals surface area contributed by atoms with Crippen molar-refractivity contribution in [2.45, 2.75) is 25.0 Å². The molecule has 0 saturated carbocycles. The van der Waals surface area contributed by atoms with E-state index in [1.807, 2.05) is 0 Å². The van der Waals surface area contributed by atoms with Crippen molar-refractivity contribution in [3.05, 3.63) is 0 Å². The predicted molar refractivity (Wildman–Crippen MR) is 51.6 cm³/mol. The molecule has 1 N–H and O–H groups in total. The Hall–Kier alpha value is -1.05. The van der Waals surface area contributed by atoms with E-state index in [1.165, 1.54) is 7.11 Å². The fourth-order valence-corrected chi connectivity index (χ4v) is 1.35. The number of nitrogens with one attached hydrogen (secondary N) is 1. The van der Waals surface area contributed by atoms with Gasteiger partial charge in [0.2, 0.25) is 0 Å². The summed E-state index contributed by atoms with van der Waals surface area (Å²) < 4.78 is 10.4. The Kier molecular flexibility index (Phi) is 3.50. The Balaban J connectivity index is 2.62. The van der Waals surface area contributed by atoms with Crippen molar-refractivity contribution in [2.24, 2.45) is 0 Å². The van der Waals surface area contributed by atoms with E-state index >= 15 is 0 Å².